The average Bonchev–Trinajstić information content (AvgIpc) is 2.62. The summed E-state index contributed by atoms with van der Waals surface area (Å²) in [5.41, 5.74) is 1.09. The monoisotopic (exact) mass is 397 g/mol. The van der Waals surface area contributed by atoms with Crippen LogP contribution >= 0.6 is 23.2 Å². The molecule has 6 nitrogen and oxygen atoms in total. The van der Waals surface area contributed by atoms with E-state index in [1.54, 1.807) is 14.2 Å². The highest BCUT2D eigenvalue weighted by molar-refractivity contribution is 6.36. The number of anilines is 1. The first-order valence-corrected chi connectivity index (χ1v) is 8.69. The molecule has 0 bridgehead atoms. The molecule has 1 aromatic carbocycles. The maximum Gasteiger partial charge on any atom is 0.239 e. The third-order valence-corrected chi connectivity index (χ3v) is 4.20. The van der Waals surface area contributed by atoms with Crippen LogP contribution in [0.3, 0.4) is 0 Å². The molecule has 0 unspecified atom stereocenters. The van der Waals surface area contributed by atoms with Crippen LogP contribution in [0.5, 0.6) is 11.5 Å². The Morgan fingerprint density at radius 2 is 1.92 bits per heavy atom. The van der Waals surface area contributed by atoms with Gasteiger partial charge < -0.3 is 14.8 Å². The van der Waals surface area contributed by atoms with E-state index in [-0.39, 0.29) is 12.5 Å². The first kappa shape index (κ1) is 20.3. The van der Waals surface area contributed by atoms with Gasteiger partial charge in [-0.1, -0.05) is 29.3 Å². The molecule has 8 heteroatoms. The summed E-state index contributed by atoms with van der Waals surface area (Å²) < 4.78 is 10.5. The van der Waals surface area contributed by atoms with Crippen LogP contribution in [0.2, 0.25) is 10.0 Å². The predicted octanol–water partition coefficient (Wildman–Crippen LogP) is 3.52. The summed E-state index contributed by atoms with van der Waals surface area (Å²) >= 11 is 11.8. The fourth-order valence-electron chi connectivity index (χ4n) is 2.36. The minimum atomic E-state index is -0.198. The number of amides is 1. The van der Waals surface area contributed by atoms with Crippen molar-refractivity contribution in [3.63, 3.8) is 0 Å². The molecule has 0 aliphatic rings. The Morgan fingerprint density at radius 1 is 1.19 bits per heavy atom. The van der Waals surface area contributed by atoms with E-state index in [9.17, 15) is 4.79 Å². The van der Waals surface area contributed by atoms with Crippen LogP contribution in [-0.4, -0.2) is 50.1 Å². The van der Waals surface area contributed by atoms with Crippen LogP contribution < -0.4 is 14.8 Å². The molecular weight excluding hydrogens is 377 g/mol. The van der Waals surface area contributed by atoms with Crippen LogP contribution in [-0.2, 0) is 11.2 Å². The van der Waals surface area contributed by atoms with Gasteiger partial charge in [0.25, 0.3) is 0 Å². The van der Waals surface area contributed by atoms with Crippen molar-refractivity contribution in [2.45, 2.75) is 6.42 Å². The SMILES string of the molecule is COc1ccc(CCN(C)CC(=O)Nc2ncc(Cl)cc2Cl)cc1OC. The highest BCUT2D eigenvalue weighted by Crippen LogP contribution is 2.27. The number of hydrogen-bond donors (Lipinski definition) is 1. The molecule has 1 N–H and O–H groups in total. The standard InChI is InChI=1S/C18H21Cl2N3O3/c1-23(7-6-12-4-5-15(25-2)16(8-12)26-3)11-17(24)22-18-14(20)9-13(19)10-21-18/h4-5,8-10H,6-7,11H2,1-3H3,(H,21,22,24). The summed E-state index contributed by atoms with van der Waals surface area (Å²) in [4.78, 5) is 18.1. The molecule has 0 fully saturated rings. The zero-order valence-electron chi connectivity index (χ0n) is 14.9. The zero-order valence-corrected chi connectivity index (χ0v) is 16.4. The van der Waals surface area contributed by atoms with Crippen molar-refractivity contribution in [1.29, 1.82) is 0 Å². The second-order valence-electron chi connectivity index (χ2n) is 5.71. The molecule has 1 heterocycles. The maximum atomic E-state index is 12.1. The summed E-state index contributed by atoms with van der Waals surface area (Å²) in [6.45, 7) is 0.915. The number of halogens is 2. The molecule has 1 amide bonds. The molecule has 26 heavy (non-hydrogen) atoms. The van der Waals surface area contributed by atoms with Gasteiger partial charge in [-0.2, -0.15) is 0 Å². The summed E-state index contributed by atoms with van der Waals surface area (Å²) in [7, 11) is 5.08. The van der Waals surface area contributed by atoms with Crippen LogP contribution in [0.1, 0.15) is 5.56 Å². The lowest BCUT2D eigenvalue weighted by atomic mass is 10.1. The number of rotatable bonds is 8. The molecule has 0 atom stereocenters. The largest absolute Gasteiger partial charge is 0.493 e. The Balaban J connectivity index is 1.86. The fourth-order valence-corrected chi connectivity index (χ4v) is 2.79. The van der Waals surface area contributed by atoms with Crippen molar-refractivity contribution in [2.75, 3.05) is 39.7 Å². The van der Waals surface area contributed by atoms with E-state index in [1.807, 2.05) is 30.1 Å². The number of methoxy groups -OCH3 is 2. The smallest absolute Gasteiger partial charge is 0.239 e. The number of hydrogen-bond acceptors (Lipinski definition) is 5. The van der Waals surface area contributed by atoms with Gasteiger partial charge in [-0.15, -0.1) is 0 Å². The number of likely N-dealkylation sites (N-methyl/N-ethyl adjacent to an activating group) is 1. The van der Waals surface area contributed by atoms with Crippen LogP contribution in [0.15, 0.2) is 30.5 Å². The van der Waals surface area contributed by atoms with Gasteiger partial charge in [-0.25, -0.2) is 4.98 Å². The molecule has 0 saturated heterocycles. The molecule has 0 aliphatic carbocycles. The van der Waals surface area contributed by atoms with E-state index in [0.717, 1.165) is 12.0 Å². The molecule has 2 rings (SSSR count). The Labute approximate surface area is 163 Å². The van der Waals surface area contributed by atoms with Gasteiger partial charge in [0.15, 0.2) is 17.3 Å². The first-order valence-electron chi connectivity index (χ1n) is 7.93. The van der Waals surface area contributed by atoms with E-state index in [2.05, 4.69) is 10.3 Å². The summed E-state index contributed by atoms with van der Waals surface area (Å²) in [5, 5.41) is 3.40. The van der Waals surface area contributed by atoms with Gasteiger partial charge in [-0.3, -0.25) is 9.69 Å². The lowest BCUT2D eigenvalue weighted by Gasteiger charge is -2.17. The number of nitrogens with zero attached hydrogens (tertiary/aromatic N) is 2. The second-order valence-corrected chi connectivity index (χ2v) is 6.55. The molecule has 0 aliphatic heterocycles. The lowest BCUT2D eigenvalue weighted by molar-refractivity contribution is -0.117. The normalized spacial score (nSPS) is 10.7. The second kappa shape index (κ2) is 9.62. The van der Waals surface area contributed by atoms with E-state index in [0.29, 0.717) is 33.9 Å². The molecule has 0 saturated carbocycles. The Kier molecular flexibility index (Phi) is 7.50. The minimum absolute atomic E-state index is 0.198. The van der Waals surface area contributed by atoms with Crippen LogP contribution in [0, 0.1) is 0 Å². The Hall–Kier alpha value is -2.02. The van der Waals surface area contributed by atoms with Gasteiger partial charge >= 0.3 is 0 Å². The summed E-state index contributed by atoms with van der Waals surface area (Å²) in [6, 6.07) is 7.32. The Morgan fingerprint density at radius 3 is 2.58 bits per heavy atom. The molecule has 1 aromatic heterocycles. The van der Waals surface area contributed by atoms with E-state index in [4.69, 9.17) is 32.7 Å². The minimum Gasteiger partial charge on any atom is -0.493 e. The molecule has 0 radical (unpaired) electrons. The van der Waals surface area contributed by atoms with Crippen molar-refractivity contribution in [1.82, 2.24) is 9.88 Å². The average molecular weight is 398 g/mol. The van der Waals surface area contributed by atoms with Crippen molar-refractivity contribution in [3.8, 4) is 11.5 Å². The molecular formula is C18H21Cl2N3O3. The first-order chi connectivity index (χ1) is 12.4. The maximum absolute atomic E-state index is 12.1. The predicted molar refractivity (Wildman–Crippen MR) is 104 cm³/mol. The zero-order chi connectivity index (χ0) is 19.1. The Bertz CT molecular complexity index is 771. The van der Waals surface area contributed by atoms with Crippen molar-refractivity contribution in [3.05, 3.63) is 46.1 Å². The van der Waals surface area contributed by atoms with Gasteiger partial charge in [0.1, 0.15) is 0 Å². The van der Waals surface area contributed by atoms with Crippen LogP contribution in [0.25, 0.3) is 0 Å². The quantitative estimate of drug-likeness (QED) is 0.737. The third-order valence-electron chi connectivity index (χ3n) is 3.71. The third kappa shape index (κ3) is 5.76. The number of aromatic nitrogens is 1. The molecule has 0 spiro atoms. The fraction of sp³-hybridized carbons (Fsp3) is 0.333. The topological polar surface area (TPSA) is 63.7 Å². The summed E-state index contributed by atoms with van der Waals surface area (Å²) in [5.74, 6) is 1.48. The van der Waals surface area contributed by atoms with Gasteiger partial charge in [-0.05, 0) is 37.2 Å². The lowest BCUT2D eigenvalue weighted by Crippen LogP contribution is -2.31. The van der Waals surface area contributed by atoms with Crippen LogP contribution in [0.4, 0.5) is 5.82 Å². The number of nitrogens with one attached hydrogen (secondary N) is 1. The number of carbonyl (C=O) groups is 1. The van der Waals surface area contributed by atoms with Crippen molar-refractivity contribution < 1.29 is 14.3 Å². The number of ether oxygens (including phenoxy) is 2. The molecule has 2 aromatic rings. The summed E-state index contributed by atoms with van der Waals surface area (Å²) in [6.07, 6.45) is 2.20. The highest BCUT2D eigenvalue weighted by Gasteiger charge is 2.11. The van der Waals surface area contributed by atoms with E-state index in [1.165, 1.54) is 12.3 Å². The van der Waals surface area contributed by atoms with E-state index < -0.39 is 0 Å². The highest BCUT2D eigenvalue weighted by atomic mass is 35.5. The van der Waals surface area contributed by atoms with Gasteiger partial charge in [0, 0.05) is 12.7 Å². The number of benzene rings is 1. The van der Waals surface area contributed by atoms with Crippen molar-refractivity contribution >= 4 is 34.9 Å². The van der Waals surface area contributed by atoms with E-state index >= 15 is 0 Å². The van der Waals surface area contributed by atoms with Crippen molar-refractivity contribution in [2.24, 2.45) is 0 Å². The van der Waals surface area contributed by atoms with Gasteiger partial charge in [0.2, 0.25) is 5.91 Å². The number of carbonyl (C=O) groups excluding carboxylic acids is 1. The van der Waals surface area contributed by atoms with Gasteiger partial charge in [0.05, 0.1) is 30.8 Å². The number of pyridine rings is 1. The molecule has 140 valence electrons.